The average Bonchev–Trinajstić information content (AvgIpc) is 3.01. The molecule has 0 saturated heterocycles. The lowest BCUT2D eigenvalue weighted by molar-refractivity contribution is -0.271. The highest BCUT2D eigenvalue weighted by Crippen LogP contribution is 2.68. The van der Waals surface area contributed by atoms with Crippen LogP contribution in [-0.4, -0.2) is 61.7 Å². The SMILES string of the molecule is CC1=C(C)C(=O)O[C@@H]([C@@H](C)C2=C[C@@H](O)[C@]3(O)[C@@H]4C[C@@H](O)[C@@]5(O)CC=CC(=O)[C@]5(C)[C@H]4CC[C@]23C)C1. The molecule has 4 aliphatic carbocycles. The summed E-state index contributed by atoms with van der Waals surface area (Å²) in [5, 5.41) is 46.4. The fourth-order valence-corrected chi connectivity index (χ4v) is 8.39. The van der Waals surface area contributed by atoms with Crippen molar-refractivity contribution in [2.24, 2.45) is 28.6 Å². The standard InChI is InChI=1S/C28H38O7/c1-14-11-20(35-24(32)15(14)2)16(3)18-12-23(31)28(34)19-13-22(30)27(33)9-6-7-21(29)26(27,5)17(19)8-10-25(18,28)4/h6-7,12,16-17,19-20,22-23,30-31,33-34H,8-11,13H2,1-5H3/t16-,17-,19+,20+,22+,23+,25+,26-,27-,28+/m0/s1. The Bertz CT molecular complexity index is 1070. The molecule has 1 heterocycles. The summed E-state index contributed by atoms with van der Waals surface area (Å²) in [5.41, 5.74) is -2.85. The van der Waals surface area contributed by atoms with Crippen molar-refractivity contribution in [3.63, 3.8) is 0 Å². The Kier molecular flexibility index (Phi) is 5.40. The minimum absolute atomic E-state index is 0.0932. The molecule has 5 aliphatic rings. The lowest BCUT2D eigenvalue weighted by Crippen LogP contribution is -2.74. The van der Waals surface area contributed by atoms with E-state index in [4.69, 9.17) is 4.74 Å². The molecule has 0 aromatic rings. The van der Waals surface area contributed by atoms with Crippen molar-refractivity contribution in [3.8, 4) is 0 Å². The molecule has 0 aromatic carbocycles. The van der Waals surface area contributed by atoms with Crippen molar-refractivity contribution >= 4 is 11.8 Å². The van der Waals surface area contributed by atoms with Gasteiger partial charge < -0.3 is 25.2 Å². The van der Waals surface area contributed by atoms with E-state index in [2.05, 4.69) is 0 Å². The van der Waals surface area contributed by atoms with E-state index in [0.29, 0.717) is 24.8 Å². The average molecular weight is 487 g/mol. The van der Waals surface area contributed by atoms with E-state index in [1.165, 1.54) is 6.08 Å². The highest BCUT2D eigenvalue weighted by atomic mass is 16.5. The van der Waals surface area contributed by atoms with Gasteiger partial charge in [0.2, 0.25) is 0 Å². The first-order chi connectivity index (χ1) is 16.2. The quantitative estimate of drug-likeness (QED) is 0.349. The van der Waals surface area contributed by atoms with Crippen LogP contribution in [0.4, 0.5) is 0 Å². The number of hydrogen-bond donors (Lipinski definition) is 4. The molecule has 5 rings (SSSR count). The van der Waals surface area contributed by atoms with Gasteiger partial charge in [-0.2, -0.15) is 0 Å². The topological polar surface area (TPSA) is 124 Å². The summed E-state index contributed by atoms with van der Waals surface area (Å²) >= 11 is 0. The maximum Gasteiger partial charge on any atom is 0.333 e. The van der Waals surface area contributed by atoms with Gasteiger partial charge in [-0.05, 0) is 64.4 Å². The van der Waals surface area contributed by atoms with Gasteiger partial charge in [0.25, 0.3) is 0 Å². The highest BCUT2D eigenvalue weighted by Gasteiger charge is 2.74. The zero-order valence-corrected chi connectivity index (χ0v) is 21.2. The van der Waals surface area contributed by atoms with E-state index in [0.717, 1.165) is 11.1 Å². The largest absolute Gasteiger partial charge is 0.458 e. The molecular formula is C28H38O7. The molecule has 2 fully saturated rings. The lowest BCUT2D eigenvalue weighted by atomic mass is 9.41. The Balaban J connectivity index is 1.53. The molecular weight excluding hydrogens is 448 g/mol. The Labute approximate surface area is 206 Å². The molecule has 0 aromatic heterocycles. The van der Waals surface area contributed by atoms with Gasteiger partial charge in [0, 0.05) is 23.3 Å². The number of ketones is 1. The predicted octanol–water partition coefficient (Wildman–Crippen LogP) is 2.37. The van der Waals surface area contributed by atoms with Crippen molar-refractivity contribution in [3.05, 3.63) is 34.9 Å². The van der Waals surface area contributed by atoms with E-state index >= 15 is 0 Å². The molecule has 10 atom stereocenters. The van der Waals surface area contributed by atoms with E-state index < -0.39 is 52.2 Å². The third-order valence-electron chi connectivity index (χ3n) is 11.0. The van der Waals surface area contributed by atoms with Crippen LogP contribution in [0.25, 0.3) is 0 Å². The van der Waals surface area contributed by atoms with Crippen LogP contribution < -0.4 is 0 Å². The van der Waals surface area contributed by atoms with Crippen molar-refractivity contribution in [2.75, 3.05) is 0 Å². The number of carbonyl (C=O) groups excluding carboxylic acids is 2. The second-order valence-electron chi connectivity index (χ2n) is 12.2. The summed E-state index contributed by atoms with van der Waals surface area (Å²) in [7, 11) is 0. The second-order valence-corrected chi connectivity index (χ2v) is 12.2. The number of fused-ring (bicyclic) bond motifs is 5. The Morgan fingerprint density at radius 1 is 1.11 bits per heavy atom. The zero-order chi connectivity index (χ0) is 25.7. The Morgan fingerprint density at radius 3 is 2.46 bits per heavy atom. The normalized spacial score (nSPS) is 50.2. The van der Waals surface area contributed by atoms with Gasteiger partial charge in [0.1, 0.15) is 23.4 Å². The number of cyclic esters (lactones) is 1. The monoisotopic (exact) mass is 486 g/mol. The molecule has 0 unspecified atom stereocenters. The summed E-state index contributed by atoms with van der Waals surface area (Å²) in [5.74, 6) is -1.80. The van der Waals surface area contributed by atoms with E-state index in [9.17, 15) is 30.0 Å². The number of aliphatic hydroxyl groups excluding tert-OH is 2. The van der Waals surface area contributed by atoms with Crippen LogP contribution in [0, 0.1) is 28.6 Å². The Morgan fingerprint density at radius 2 is 1.80 bits per heavy atom. The zero-order valence-electron chi connectivity index (χ0n) is 21.2. The number of allylic oxidation sites excluding steroid dienone is 1. The number of carbonyl (C=O) groups is 2. The molecule has 4 N–H and O–H groups in total. The molecule has 0 bridgehead atoms. The number of hydrogen-bond acceptors (Lipinski definition) is 7. The third kappa shape index (κ3) is 2.87. The summed E-state index contributed by atoms with van der Waals surface area (Å²) in [6.45, 7) is 9.31. The van der Waals surface area contributed by atoms with Gasteiger partial charge in [-0.1, -0.05) is 37.1 Å². The first-order valence-corrected chi connectivity index (χ1v) is 12.8. The number of esters is 1. The number of ether oxygens (including phenoxy) is 1. The van der Waals surface area contributed by atoms with Crippen LogP contribution >= 0.6 is 0 Å². The first kappa shape index (κ1) is 24.9. The van der Waals surface area contributed by atoms with Crippen LogP contribution in [0.5, 0.6) is 0 Å². The van der Waals surface area contributed by atoms with Crippen LogP contribution in [-0.2, 0) is 14.3 Å². The smallest absolute Gasteiger partial charge is 0.333 e. The van der Waals surface area contributed by atoms with E-state index in [-0.39, 0.29) is 30.5 Å². The minimum Gasteiger partial charge on any atom is -0.458 e. The van der Waals surface area contributed by atoms with Gasteiger partial charge in [-0.3, -0.25) is 4.79 Å². The number of aliphatic hydroxyl groups is 4. The highest BCUT2D eigenvalue weighted by molar-refractivity contribution is 5.97. The van der Waals surface area contributed by atoms with Gasteiger partial charge in [0.15, 0.2) is 5.78 Å². The van der Waals surface area contributed by atoms with Gasteiger partial charge in [-0.15, -0.1) is 0 Å². The van der Waals surface area contributed by atoms with Crippen molar-refractivity contribution in [1.82, 2.24) is 0 Å². The van der Waals surface area contributed by atoms with Gasteiger partial charge >= 0.3 is 5.97 Å². The summed E-state index contributed by atoms with van der Waals surface area (Å²) in [4.78, 5) is 25.6. The fraction of sp³-hybridized carbons (Fsp3) is 0.714. The molecule has 192 valence electrons. The van der Waals surface area contributed by atoms with E-state index in [1.54, 1.807) is 26.0 Å². The van der Waals surface area contributed by atoms with Crippen LogP contribution in [0.15, 0.2) is 34.9 Å². The van der Waals surface area contributed by atoms with Gasteiger partial charge in [-0.25, -0.2) is 4.79 Å². The molecule has 1 aliphatic heterocycles. The summed E-state index contributed by atoms with van der Waals surface area (Å²) < 4.78 is 5.75. The van der Waals surface area contributed by atoms with E-state index in [1.807, 2.05) is 20.8 Å². The number of rotatable bonds is 2. The molecule has 0 spiro atoms. The van der Waals surface area contributed by atoms with Crippen molar-refractivity contribution in [2.45, 2.75) is 96.2 Å². The summed E-state index contributed by atoms with van der Waals surface area (Å²) in [6, 6.07) is 0. The molecule has 35 heavy (non-hydrogen) atoms. The maximum absolute atomic E-state index is 13.2. The lowest BCUT2D eigenvalue weighted by Gasteiger charge is -2.65. The molecule has 0 radical (unpaired) electrons. The van der Waals surface area contributed by atoms with Crippen LogP contribution in [0.3, 0.4) is 0 Å². The second kappa shape index (κ2) is 7.60. The summed E-state index contributed by atoms with van der Waals surface area (Å²) in [6.07, 6.45) is 3.93. The molecule has 7 heteroatoms. The van der Waals surface area contributed by atoms with Gasteiger partial charge in [0.05, 0.1) is 11.5 Å². The minimum atomic E-state index is -1.62. The fourth-order valence-electron chi connectivity index (χ4n) is 8.39. The third-order valence-corrected chi connectivity index (χ3v) is 11.0. The van der Waals surface area contributed by atoms with Crippen molar-refractivity contribution in [1.29, 1.82) is 0 Å². The molecule has 7 nitrogen and oxygen atoms in total. The first-order valence-electron chi connectivity index (χ1n) is 12.8. The predicted molar refractivity (Wildman–Crippen MR) is 128 cm³/mol. The molecule has 2 saturated carbocycles. The van der Waals surface area contributed by atoms with Crippen molar-refractivity contribution < 1.29 is 34.8 Å². The molecule has 0 amide bonds. The van der Waals surface area contributed by atoms with Crippen LogP contribution in [0.2, 0.25) is 0 Å². The maximum atomic E-state index is 13.2. The Hall–Kier alpha value is -1.80. The van der Waals surface area contributed by atoms with Crippen LogP contribution in [0.1, 0.15) is 66.7 Å².